The molecule has 0 spiro atoms. The van der Waals surface area contributed by atoms with Crippen molar-refractivity contribution < 1.29 is 10.0 Å². The Morgan fingerprint density at radius 3 is 2.55 bits per heavy atom. The number of hydrogen-bond acceptors (Lipinski definition) is 3. The van der Waals surface area contributed by atoms with Crippen LogP contribution >= 0.6 is 0 Å². The summed E-state index contributed by atoms with van der Waals surface area (Å²) in [6, 6.07) is 11.2. The molecule has 5 heteroatoms. The average molecular weight is 266 g/mol. The number of nitrogens with one attached hydrogen (secondary N) is 1. The highest BCUT2D eigenvalue weighted by Crippen LogP contribution is 2.22. The fourth-order valence-electron chi connectivity index (χ4n) is 2.25. The summed E-state index contributed by atoms with van der Waals surface area (Å²) in [5, 5.41) is 18.5. The van der Waals surface area contributed by atoms with Crippen LogP contribution in [0, 0.1) is 13.8 Å². The maximum atomic E-state index is 9.23. The molecular weight excluding hydrogens is 251 g/mol. The lowest BCUT2D eigenvalue weighted by Crippen LogP contribution is -2.29. The molecule has 0 unspecified atom stereocenters. The van der Waals surface area contributed by atoms with Crippen molar-refractivity contribution in [3.8, 4) is 11.4 Å². The molecule has 0 aliphatic rings. The Balaban J connectivity index is 2.12. The highest BCUT2D eigenvalue weighted by Gasteiger charge is 2.13. The predicted octanol–water partition coefficient (Wildman–Crippen LogP) is 1.53. The van der Waals surface area contributed by atoms with Gasteiger partial charge in [0.25, 0.3) is 0 Å². The van der Waals surface area contributed by atoms with Gasteiger partial charge in [0.1, 0.15) is 5.82 Å². The van der Waals surface area contributed by atoms with Gasteiger partial charge in [-0.3, -0.25) is 0 Å². The lowest BCUT2D eigenvalue weighted by Gasteiger charge is -2.01. The summed E-state index contributed by atoms with van der Waals surface area (Å²) in [6.45, 7) is 4.13. The van der Waals surface area contributed by atoms with Crippen LogP contribution in [0.4, 0.5) is 0 Å². The van der Waals surface area contributed by atoms with Gasteiger partial charge in [-0.25, -0.2) is 4.98 Å². The second kappa shape index (κ2) is 4.78. The third-order valence-corrected chi connectivity index (χ3v) is 3.56. The standard InChI is InChI=1S/C15H15BN2O2/c1-9-6-13-14(7-10(9)2)18-15(17-13)11-4-3-5-12(8-11)16(19)20/h3-8,19-20H,1-2H3,(H,17,18). The molecule has 0 saturated carbocycles. The molecule has 100 valence electrons. The minimum absolute atomic E-state index is 0.454. The first-order valence-electron chi connectivity index (χ1n) is 6.48. The van der Waals surface area contributed by atoms with Crippen LogP contribution in [-0.2, 0) is 0 Å². The van der Waals surface area contributed by atoms with Crippen molar-refractivity contribution in [2.45, 2.75) is 13.8 Å². The first-order valence-corrected chi connectivity index (χ1v) is 6.48. The van der Waals surface area contributed by atoms with E-state index in [1.54, 1.807) is 18.2 Å². The minimum atomic E-state index is -1.47. The summed E-state index contributed by atoms with van der Waals surface area (Å²) in [7, 11) is -1.47. The van der Waals surface area contributed by atoms with Gasteiger partial charge in [0.2, 0.25) is 0 Å². The van der Waals surface area contributed by atoms with E-state index in [9.17, 15) is 10.0 Å². The molecule has 3 rings (SSSR count). The minimum Gasteiger partial charge on any atom is -0.423 e. The summed E-state index contributed by atoms with van der Waals surface area (Å²) in [6.07, 6.45) is 0. The van der Waals surface area contributed by atoms with E-state index in [0.29, 0.717) is 5.46 Å². The summed E-state index contributed by atoms with van der Waals surface area (Å²) >= 11 is 0. The SMILES string of the molecule is Cc1cc2nc(-c3cccc(B(O)O)c3)[nH]c2cc1C. The van der Waals surface area contributed by atoms with Crippen molar-refractivity contribution in [2.24, 2.45) is 0 Å². The predicted molar refractivity (Wildman–Crippen MR) is 80.8 cm³/mol. The number of H-pyrrole nitrogens is 1. The molecule has 3 aromatic rings. The van der Waals surface area contributed by atoms with E-state index in [0.717, 1.165) is 22.4 Å². The van der Waals surface area contributed by atoms with Gasteiger partial charge in [0, 0.05) is 5.56 Å². The summed E-state index contributed by atoms with van der Waals surface area (Å²) in [4.78, 5) is 7.84. The molecule has 0 aliphatic carbocycles. The molecule has 2 aromatic carbocycles. The highest BCUT2D eigenvalue weighted by molar-refractivity contribution is 6.58. The number of aromatic amines is 1. The van der Waals surface area contributed by atoms with Gasteiger partial charge in [0.05, 0.1) is 11.0 Å². The van der Waals surface area contributed by atoms with Crippen molar-refractivity contribution in [1.29, 1.82) is 0 Å². The van der Waals surface area contributed by atoms with Gasteiger partial charge in [0.15, 0.2) is 0 Å². The number of benzene rings is 2. The Morgan fingerprint density at radius 2 is 1.80 bits per heavy atom. The summed E-state index contributed by atoms with van der Waals surface area (Å²) in [5.41, 5.74) is 5.61. The lowest BCUT2D eigenvalue weighted by atomic mass is 9.79. The van der Waals surface area contributed by atoms with Crippen LogP contribution in [0.25, 0.3) is 22.4 Å². The maximum absolute atomic E-state index is 9.23. The van der Waals surface area contributed by atoms with E-state index in [1.165, 1.54) is 11.1 Å². The van der Waals surface area contributed by atoms with Crippen LogP contribution in [0.5, 0.6) is 0 Å². The molecule has 4 nitrogen and oxygen atoms in total. The van der Waals surface area contributed by atoms with Gasteiger partial charge >= 0.3 is 7.12 Å². The molecule has 1 heterocycles. The van der Waals surface area contributed by atoms with Crippen LogP contribution in [-0.4, -0.2) is 27.1 Å². The highest BCUT2D eigenvalue weighted by atomic mass is 16.4. The molecular formula is C15H15BN2O2. The maximum Gasteiger partial charge on any atom is 0.488 e. The lowest BCUT2D eigenvalue weighted by molar-refractivity contribution is 0.426. The Bertz CT molecular complexity index is 742. The van der Waals surface area contributed by atoms with Gasteiger partial charge < -0.3 is 15.0 Å². The molecule has 0 radical (unpaired) electrons. The normalized spacial score (nSPS) is 11.0. The topological polar surface area (TPSA) is 69.1 Å². The smallest absolute Gasteiger partial charge is 0.423 e. The fourth-order valence-corrected chi connectivity index (χ4v) is 2.25. The van der Waals surface area contributed by atoms with Crippen molar-refractivity contribution in [1.82, 2.24) is 9.97 Å². The Morgan fingerprint density at radius 1 is 1.05 bits per heavy atom. The molecule has 0 aliphatic heterocycles. The Hall–Kier alpha value is -2.11. The third-order valence-electron chi connectivity index (χ3n) is 3.56. The molecule has 0 atom stereocenters. The summed E-state index contributed by atoms with van der Waals surface area (Å²) < 4.78 is 0. The fraction of sp³-hybridized carbons (Fsp3) is 0.133. The van der Waals surface area contributed by atoms with E-state index in [-0.39, 0.29) is 0 Å². The number of rotatable bonds is 2. The Kier molecular flexibility index (Phi) is 3.08. The number of fused-ring (bicyclic) bond motifs is 1. The quantitative estimate of drug-likeness (QED) is 0.616. The first-order chi connectivity index (χ1) is 9.54. The molecule has 0 bridgehead atoms. The van der Waals surface area contributed by atoms with Crippen LogP contribution in [0.1, 0.15) is 11.1 Å². The van der Waals surface area contributed by atoms with E-state index in [2.05, 4.69) is 35.9 Å². The zero-order chi connectivity index (χ0) is 14.3. The van der Waals surface area contributed by atoms with Crippen molar-refractivity contribution in [3.63, 3.8) is 0 Å². The molecule has 1 aromatic heterocycles. The Labute approximate surface area is 117 Å². The van der Waals surface area contributed by atoms with Crippen LogP contribution < -0.4 is 5.46 Å². The number of nitrogens with zero attached hydrogens (tertiary/aromatic N) is 1. The van der Waals surface area contributed by atoms with E-state index < -0.39 is 7.12 Å². The monoisotopic (exact) mass is 266 g/mol. The van der Waals surface area contributed by atoms with Gasteiger partial charge in [-0.2, -0.15) is 0 Å². The van der Waals surface area contributed by atoms with E-state index >= 15 is 0 Å². The largest absolute Gasteiger partial charge is 0.488 e. The molecule has 0 saturated heterocycles. The molecule has 0 amide bonds. The van der Waals surface area contributed by atoms with Crippen molar-refractivity contribution in [3.05, 3.63) is 47.5 Å². The van der Waals surface area contributed by atoms with Crippen LogP contribution in [0.3, 0.4) is 0 Å². The second-order valence-electron chi connectivity index (χ2n) is 5.04. The van der Waals surface area contributed by atoms with E-state index in [1.807, 2.05) is 6.07 Å². The van der Waals surface area contributed by atoms with Crippen molar-refractivity contribution in [2.75, 3.05) is 0 Å². The number of aryl methyl sites for hydroxylation is 2. The zero-order valence-corrected chi connectivity index (χ0v) is 11.4. The number of aromatic nitrogens is 2. The van der Waals surface area contributed by atoms with Gasteiger partial charge in [-0.1, -0.05) is 24.3 Å². The third kappa shape index (κ3) is 2.22. The summed E-state index contributed by atoms with van der Waals surface area (Å²) in [5.74, 6) is 0.729. The molecule has 0 fully saturated rings. The zero-order valence-electron chi connectivity index (χ0n) is 11.4. The second-order valence-corrected chi connectivity index (χ2v) is 5.04. The molecule has 20 heavy (non-hydrogen) atoms. The number of hydrogen-bond donors (Lipinski definition) is 3. The first kappa shape index (κ1) is 12.9. The molecule has 3 N–H and O–H groups in total. The van der Waals surface area contributed by atoms with Gasteiger partial charge in [-0.15, -0.1) is 0 Å². The number of imidazole rings is 1. The van der Waals surface area contributed by atoms with Crippen molar-refractivity contribution >= 4 is 23.6 Å². The van der Waals surface area contributed by atoms with Gasteiger partial charge in [-0.05, 0) is 42.6 Å². The average Bonchev–Trinajstić information content (AvgIpc) is 2.82. The van der Waals surface area contributed by atoms with Crippen LogP contribution in [0.2, 0.25) is 0 Å². The van der Waals surface area contributed by atoms with Crippen LogP contribution in [0.15, 0.2) is 36.4 Å². The van der Waals surface area contributed by atoms with E-state index in [4.69, 9.17) is 0 Å².